The second kappa shape index (κ2) is 7.28. The van der Waals surface area contributed by atoms with Crippen LogP contribution < -0.4 is 10.1 Å². The highest BCUT2D eigenvalue weighted by molar-refractivity contribution is 5.97. The van der Waals surface area contributed by atoms with Crippen LogP contribution in [-0.2, 0) is 17.7 Å². The highest BCUT2D eigenvalue weighted by Gasteiger charge is 2.22. The first kappa shape index (κ1) is 15.6. The lowest BCUT2D eigenvalue weighted by Crippen LogP contribution is -2.41. The maximum absolute atomic E-state index is 12.6. The van der Waals surface area contributed by atoms with Gasteiger partial charge in [0.25, 0.3) is 5.91 Å². The summed E-state index contributed by atoms with van der Waals surface area (Å²) in [5, 5.41) is 3.10. The zero-order chi connectivity index (χ0) is 16.1. The number of benzene rings is 1. The molecule has 0 bridgehead atoms. The van der Waals surface area contributed by atoms with Crippen LogP contribution in [0.4, 0.5) is 0 Å². The third-order valence-corrected chi connectivity index (χ3v) is 3.95. The Labute approximate surface area is 135 Å². The number of amides is 1. The lowest BCUT2D eigenvalue weighted by Gasteiger charge is -2.25. The Hall–Kier alpha value is -2.34. The Kier molecular flexibility index (Phi) is 4.92. The normalized spacial score (nSPS) is 16.7. The molecular formula is C17H21N3O3. The number of ether oxygens (including phenoxy) is 2. The van der Waals surface area contributed by atoms with Crippen molar-refractivity contribution < 1.29 is 14.3 Å². The Balaban J connectivity index is 1.64. The standard InChI is InChI=1S/C17H21N3O3/c1-22-10-11-23-15-5-3-2-4-14(15)17(21)19-13-6-7-16-18-8-9-20(16)12-13/h2-5,8-9,13H,6-7,10-12H2,1H3,(H,19,21). The molecule has 3 rings (SSSR count). The largest absolute Gasteiger partial charge is 0.490 e. The summed E-state index contributed by atoms with van der Waals surface area (Å²) >= 11 is 0. The van der Waals surface area contributed by atoms with E-state index in [1.165, 1.54) is 0 Å². The summed E-state index contributed by atoms with van der Waals surface area (Å²) in [6.07, 6.45) is 5.54. The Morgan fingerprint density at radius 3 is 3.13 bits per heavy atom. The van der Waals surface area contributed by atoms with Gasteiger partial charge in [0.2, 0.25) is 0 Å². The zero-order valence-corrected chi connectivity index (χ0v) is 13.2. The number of hydrogen-bond acceptors (Lipinski definition) is 4. The van der Waals surface area contributed by atoms with Crippen molar-refractivity contribution in [2.75, 3.05) is 20.3 Å². The van der Waals surface area contributed by atoms with Gasteiger partial charge < -0.3 is 19.4 Å². The van der Waals surface area contributed by atoms with Gasteiger partial charge in [-0.3, -0.25) is 4.79 Å². The zero-order valence-electron chi connectivity index (χ0n) is 13.2. The number of nitrogens with zero attached hydrogens (tertiary/aromatic N) is 2. The summed E-state index contributed by atoms with van der Waals surface area (Å²) in [5.74, 6) is 1.56. The summed E-state index contributed by atoms with van der Waals surface area (Å²) in [4.78, 5) is 16.9. The van der Waals surface area contributed by atoms with Crippen molar-refractivity contribution in [1.29, 1.82) is 0 Å². The lowest BCUT2D eigenvalue weighted by atomic mass is 10.1. The minimum absolute atomic E-state index is 0.105. The van der Waals surface area contributed by atoms with Crippen LogP contribution in [0, 0.1) is 0 Å². The molecule has 1 aliphatic heterocycles. The SMILES string of the molecule is COCCOc1ccccc1C(=O)NC1CCc2nccn2C1. The minimum atomic E-state index is -0.105. The molecular weight excluding hydrogens is 294 g/mol. The van der Waals surface area contributed by atoms with Crippen LogP contribution in [0.2, 0.25) is 0 Å². The number of hydrogen-bond donors (Lipinski definition) is 1. The van der Waals surface area contributed by atoms with Crippen LogP contribution in [0.15, 0.2) is 36.7 Å². The van der Waals surface area contributed by atoms with Crippen molar-refractivity contribution in [3.8, 4) is 5.75 Å². The highest BCUT2D eigenvalue weighted by atomic mass is 16.5. The van der Waals surface area contributed by atoms with Crippen molar-refractivity contribution in [2.24, 2.45) is 0 Å². The molecule has 1 amide bonds. The van der Waals surface area contributed by atoms with Crippen LogP contribution in [0.3, 0.4) is 0 Å². The Bertz CT molecular complexity index is 669. The number of imidazole rings is 1. The first-order valence-corrected chi connectivity index (χ1v) is 7.79. The number of para-hydroxylation sites is 1. The number of nitrogens with one attached hydrogen (secondary N) is 1. The fraction of sp³-hybridized carbons (Fsp3) is 0.412. The van der Waals surface area contributed by atoms with Crippen molar-refractivity contribution in [1.82, 2.24) is 14.9 Å². The Morgan fingerprint density at radius 1 is 1.39 bits per heavy atom. The van der Waals surface area contributed by atoms with E-state index in [9.17, 15) is 4.79 Å². The van der Waals surface area contributed by atoms with Crippen LogP contribution in [0.1, 0.15) is 22.6 Å². The molecule has 0 saturated carbocycles. The number of rotatable bonds is 6. The summed E-state index contributed by atoms with van der Waals surface area (Å²) in [7, 11) is 1.62. The van der Waals surface area contributed by atoms with Gasteiger partial charge in [0.1, 0.15) is 18.2 Å². The quantitative estimate of drug-likeness (QED) is 0.823. The summed E-state index contributed by atoms with van der Waals surface area (Å²) in [6, 6.07) is 7.39. The summed E-state index contributed by atoms with van der Waals surface area (Å²) in [6.45, 7) is 1.67. The Morgan fingerprint density at radius 2 is 2.26 bits per heavy atom. The van der Waals surface area contributed by atoms with Crippen molar-refractivity contribution in [2.45, 2.75) is 25.4 Å². The van der Waals surface area contributed by atoms with E-state index < -0.39 is 0 Å². The van der Waals surface area contributed by atoms with Gasteiger partial charge in [0.15, 0.2) is 0 Å². The van der Waals surface area contributed by atoms with Crippen LogP contribution in [-0.4, -0.2) is 41.8 Å². The lowest BCUT2D eigenvalue weighted by molar-refractivity contribution is 0.0920. The molecule has 0 aliphatic carbocycles. The monoisotopic (exact) mass is 315 g/mol. The molecule has 23 heavy (non-hydrogen) atoms. The minimum Gasteiger partial charge on any atom is -0.490 e. The predicted molar refractivity (Wildman–Crippen MR) is 85.6 cm³/mol. The number of carbonyl (C=O) groups is 1. The fourth-order valence-electron chi connectivity index (χ4n) is 2.76. The molecule has 2 aromatic rings. The molecule has 0 spiro atoms. The smallest absolute Gasteiger partial charge is 0.255 e. The van der Waals surface area contributed by atoms with E-state index in [1.54, 1.807) is 25.4 Å². The highest BCUT2D eigenvalue weighted by Crippen LogP contribution is 2.19. The van der Waals surface area contributed by atoms with Gasteiger partial charge in [0.05, 0.1) is 12.2 Å². The third-order valence-electron chi connectivity index (χ3n) is 3.95. The van der Waals surface area contributed by atoms with Crippen LogP contribution >= 0.6 is 0 Å². The summed E-state index contributed by atoms with van der Waals surface area (Å²) in [5.41, 5.74) is 0.556. The van der Waals surface area contributed by atoms with Crippen LogP contribution in [0.25, 0.3) is 0 Å². The molecule has 0 fully saturated rings. The molecule has 1 aromatic carbocycles. The van der Waals surface area contributed by atoms with E-state index in [0.717, 1.165) is 25.2 Å². The third kappa shape index (κ3) is 3.71. The molecule has 1 aliphatic rings. The molecule has 6 heteroatoms. The molecule has 2 heterocycles. The first-order chi connectivity index (χ1) is 11.3. The van der Waals surface area contributed by atoms with Gasteiger partial charge in [-0.05, 0) is 18.6 Å². The van der Waals surface area contributed by atoms with Crippen molar-refractivity contribution in [3.05, 3.63) is 48.0 Å². The first-order valence-electron chi connectivity index (χ1n) is 7.79. The number of fused-ring (bicyclic) bond motifs is 1. The molecule has 122 valence electrons. The maximum atomic E-state index is 12.6. The molecule has 1 atom stereocenters. The average Bonchev–Trinajstić information content (AvgIpc) is 3.03. The van der Waals surface area contributed by atoms with Gasteiger partial charge in [-0.15, -0.1) is 0 Å². The van der Waals surface area contributed by atoms with E-state index >= 15 is 0 Å². The molecule has 1 unspecified atom stereocenters. The molecule has 0 radical (unpaired) electrons. The van der Waals surface area contributed by atoms with E-state index in [0.29, 0.717) is 24.5 Å². The molecule has 1 N–H and O–H groups in total. The molecule has 1 aromatic heterocycles. The van der Waals surface area contributed by atoms with Gasteiger partial charge >= 0.3 is 0 Å². The number of methoxy groups -OCH3 is 1. The van der Waals surface area contributed by atoms with E-state index in [2.05, 4.69) is 14.9 Å². The van der Waals surface area contributed by atoms with Crippen molar-refractivity contribution in [3.63, 3.8) is 0 Å². The second-order valence-corrected chi connectivity index (χ2v) is 5.54. The number of carbonyl (C=O) groups excluding carboxylic acids is 1. The fourth-order valence-corrected chi connectivity index (χ4v) is 2.76. The van der Waals surface area contributed by atoms with E-state index in [-0.39, 0.29) is 11.9 Å². The maximum Gasteiger partial charge on any atom is 0.255 e. The van der Waals surface area contributed by atoms with E-state index in [4.69, 9.17) is 9.47 Å². The van der Waals surface area contributed by atoms with Crippen LogP contribution in [0.5, 0.6) is 5.75 Å². The molecule has 0 saturated heterocycles. The number of aromatic nitrogens is 2. The van der Waals surface area contributed by atoms with Gasteiger partial charge in [-0.25, -0.2) is 4.98 Å². The summed E-state index contributed by atoms with van der Waals surface area (Å²) < 4.78 is 12.7. The second-order valence-electron chi connectivity index (χ2n) is 5.54. The number of aryl methyl sites for hydroxylation is 1. The molecule has 6 nitrogen and oxygen atoms in total. The average molecular weight is 315 g/mol. The van der Waals surface area contributed by atoms with Crippen molar-refractivity contribution >= 4 is 5.91 Å². The topological polar surface area (TPSA) is 65.4 Å². The van der Waals surface area contributed by atoms with Gasteiger partial charge in [-0.1, -0.05) is 12.1 Å². The predicted octanol–water partition coefficient (Wildman–Crippen LogP) is 1.65. The van der Waals surface area contributed by atoms with Gasteiger partial charge in [0, 0.05) is 38.5 Å². The van der Waals surface area contributed by atoms with E-state index in [1.807, 2.05) is 18.3 Å². The van der Waals surface area contributed by atoms with Gasteiger partial charge in [-0.2, -0.15) is 0 Å².